The van der Waals surface area contributed by atoms with E-state index in [4.69, 9.17) is 5.11 Å². The molecule has 0 aliphatic carbocycles. The highest BCUT2D eigenvalue weighted by Gasteiger charge is 2.16. The lowest BCUT2D eigenvalue weighted by Gasteiger charge is -2.25. The number of hydrogen-bond donors (Lipinski definition) is 2. The van der Waals surface area contributed by atoms with Gasteiger partial charge < -0.3 is 15.1 Å². The Bertz CT molecular complexity index is 374. The number of carbonyl (C=O) groups is 1. The van der Waals surface area contributed by atoms with Gasteiger partial charge in [0.05, 0.1) is 0 Å². The van der Waals surface area contributed by atoms with Crippen molar-refractivity contribution in [3.05, 3.63) is 18.2 Å². The summed E-state index contributed by atoms with van der Waals surface area (Å²) in [5.41, 5.74) is 0.577. The van der Waals surface area contributed by atoms with E-state index in [2.05, 4.69) is 0 Å². The molecule has 0 saturated carbocycles. The van der Waals surface area contributed by atoms with Gasteiger partial charge in [0.15, 0.2) is 11.5 Å². The molecule has 0 saturated heterocycles. The van der Waals surface area contributed by atoms with E-state index < -0.39 is 0 Å². The zero-order valence-electron chi connectivity index (χ0n) is 9.06. The Hall–Kier alpha value is -1.71. The molecule has 0 bridgehead atoms. The number of phenols is 2. The van der Waals surface area contributed by atoms with Gasteiger partial charge in [-0.25, -0.2) is 0 Å². The average Bonchev–Trinajstić information content (AvgIpc) is 2.10. The van der Waals surface area contributed by atoms with Gasteiger partial charge in [0.2, 0.25) is 5.91 Å². The van der Waals surface area contributed by atoms with Crippen molar-refractivity contribution in [3.63, 3.8) is 0 Å². The van der Waals surface area contributed by atoms with Crippen LogP contribution >= 0.6 is 0 Å². The van der Waals surface area contributed by atoms with Crippen LogP contribution in [0.5, 0.6) is 11.5 Å². The predicted molar refractivity (Wildman–Crippen MR) is 58.1 cm³/mol. The number of nitrogens with zero attached hydrogens (tertiary/aromatic N) is 1. The Kier molecular flexibility index (Phi) is 3.19. The lowest BCUT2D eigenvalue weighted by atomic mass is 10.2. The second kappa shape index (κ2) is 4.21. The molecule has 15 heavy (non-hydrogen) atoms. The maximum absolute atomic E-state index is 11.4. The molecular weight excluding hydrogens is 194 g/mol. The van der Waals surface area contributed by atoms with Crippen molar-refractivity contribution >= 4 is 11.6 Å². The van der Waals surface area contributed by atoms with Crippen LogP contribution < -0.4 is 4.90 Å². The van der Waals surface area contributed by atoms with E-state index in [1.54, 1.807) is 11.0 Å². The van der Waals surface area contributed by atoms with Crippen molar-refractivity contribution in [1.29, 1.82) is 0 Å². The van der Waals surface area contributed by atoms with Gasteiger partial charge in [0.25, 0.3) is 0 Å². The molecule has 0 unspecified atom stereocenters. The number of rotatable bonds is 2. The molecule has 4 nitrogen and oxygen atoms in total. The standard InChI is InChI=1S/C11H15NO3/c1-7(2)12(8(3)13)9-4-5-10(14)11(15)6-9/h4-7,14-15H,1-3H3. The lowest BCUT2D eigenvalue weighted by Crippen LogP contribution is -2.34. The first-order chi connectivity index (χ1) is 6.93. The second-order valence-corrected chi connectivity index (χ2v) is 3.66. The van der Waals surface area contributed by atoms with Crippen LogP contribution in [0, 0.1) is 0 Å². The average molecular weight is 209 g/mol. The number of carbonyl (C=O) groups excluding carboxylic acids is 1. The molecular formula is C11H15NO3. The lowest BCUT2D eigenvalue weighted by molar-refractivity contribution is -0.116. The van der Waals surface area contributed by atoms with Crippen molar-refractivity contribution in [2.75, 3.05) is 4.90 Å². The number of phenolic OH excluding ortho intramolecular Hbond substituents is 2. The fraction of sp³-hybridized carbons (Fsp3) is 0.364. The molecule has 0 aliphatic rings. The van der Waals surface area contributed by atoms with Gasteiger partial charge in [0.1, 0.15) is 0 Å². The molecule has 1 rings (SSSR count). The van der Waals surface area contributed by atoms with Crippen LogP contribution in [-0.2, 0) is 4.79 Å². The largest absolute Gasteiger partial charge is 0.504 e. The zero-order chi connectivity index (χ0) is 11.6. The van der Waals surface area contributed by atoms with Gasteiger partial charge in [-0.05, 0) is 26.0 Å². The minimum absolute atomic E-state index is 0.00597. The van der Waals surface area contributed by atoms with Gasteiger partial charge in [-0.15, -0.1) is 0 Å². The summed E-state index contributed by atoms with van der Waals surface area (Å²) in [5, 5.41) is 18.5. The molecule has 0 aromatic heterocycles. The Morgan fingerprint density at radius 2 is 1.87 bits per heavy atom. The summed E-state index contributed by atoms with van der Waals surface area (Å²) in [6, 6.07) is 4.34. The Morgan fingerprint density at radius 1 is 1.27 bits per heavy atom. The number of amides is 1. The third-order valence-corrected chi connectivity index (χ3v) is 2.09. The third-order valence-electron chi connectivity index (χ3n) is 2.09. The number of hydrogen-bond acceptors (Lipinski definition) is 3. The van der Waals surface area contributed by atoms with E-state index in [0.29, 0.717) is 5.69 Å². The zero-order valence-corrected chi connectivity index (χ0v) is 9.06. The summed E-state index contributed by atoms with van der Waals surface area (Å²) in [5.74, 6) is -0.513. The summed E-state index contributed by atoms with van der Waals surface area (Å²) in [4.78, 5) is 12.9. The fourth-order valence-electron chi connectivity index (χ4n) is 1.51. The molecule has 1 aromatic rings. The quantitative estimate of drug-likeness (QED) is 0.731. The van der Waals surface area contributed by atoms with Crippen LogP contribution in [0.2, 0.25) is 0 Å². The summed E-state index contributed by atoms with van der Waals surface area (Å²) in [6.45, 7) is 5.22. The van der Waals surface area contributed by atoms with Gasteiger partial charge >= 0.3 is 0 Å². The summed E-state index contributed by atoms with van der Waals surface area (Å²) in [6.07, 6.45) is 0. The first-order valence-corrected chi connectivity index (χ1v) is 4.75. The number of anilines is 1. The Labute approximate surface area is 88.8 Å². The molecule has 0 radical (unpaired) electrons. The fourth-order valence-corrected chi connectivity index (χ4v) is 1.51. The van der Waals surface area contributed by atoms with Crippen LogP contribution in [-0.4, -0.2) is 22.2 Å². The molecule has 4 heteroatoms. The smallest absolute Gasteiger partial charge is 0.224 e. The van der Waals surface area contributed by atoms with Crippen LogP contribution in [0.1, 0.15) is 20.8 Å². The molecule has 1 amide bonds. The first-order valence-electron chi connectivity index (χ1n) is 4.75. The van der Waals surface area contributed by atoms with Crippen molar-refractivity contribution in [2.45, 2.75) is 26.8 Å². The van der Waals surface area contributed by atoms with E-state index >= 15 is 0 Å². The van der Waals surface area contributed by atoms with E-state index in [-0.39, 0.29) is 23.4 Å². The van der Waals surface area contributed by atoms with Crippen molar-refractivity contribution in [1.82, 2.24) is 0 Å². The third kappa shape index (κ3) is 2.40. The highest BCUT2D eigenvalue weighted by Crippen LogP contribution is 2.30. The normalized spacial score (nSPS) is 10.4. The highest BCUT2D eigenvalue weighted by molar-refractivity contribution is 5.92. The SMILES string of the molecule is CC(=O)N(c1ccc(O)c(O)c1)C(C)C. The first kappa shape index (κ1) is 11.4. The number of aromatic hydroxyl groups is 2. The maximum atomic E-state index is 11.4. The molecule has 0 spiro atoms. The predicted octanol–water partition coefficient (Wildman–Crippen LogP) is 1.86. The van der Waals surface area contributed by atoms with Crippen LogP contribution in [0.25, 0.3) is 0 Å². The van der Waals surface area contributed by atoms with Gasteiger partial charge in [-0.2, -0.15) is 0 Å². The highest BCUT2D eigenvalue weighted by atomic mass is 16.3. The van der Waals surface area contributed by atoms with Gasteiger partial charge in [-0.1, -0.05) is 0 Å². The van der Waals surface area contributed by atoms with Crippen molar-refractivity contribution < 1.29 is 15.0 Å². The van der Waals surface area contributed by atoms with Gasteiger partial charge in [-0.3, -0.25) is 4.79 Å². The van der Waals surface area contributed by atoms with E-state index in [1.165, 1.54) is 19.1 Å². The Morgan fingerprint density at radius 3 is 2.27 bits per heavy atom. The van der Waals surface area contributed by atoms with Crippen LogP contribution in [0.15, 0.2) is 18.2 Å². The topological polar surface area (TPSA) is 60.8 Å². The van der Waals surface area contributed by atoms with Crippen molar-refractivity contribution in [3.8, 4) is 11.5 Å². The van der Waals surface area contributed by atoms with E-state index in [1.807, 2.05) is 13.8 Å². The minimum atomic E-state index is -0.223. The summed E-state index contributed by atoms with van der Waals surface area (Å²) in [7, 11) is 0. The number of benzene rings is 1. The van der Waals surface area contributed by atoms with Crippen LogP contribution in [0.4, 0.5) is 5.69 Å². The van der Waals surface area contributed by atoms with E-state index in [9.17, 15) is 9.90 Å². The summed E-state index contributed by atoms with van der Waals surface area (Å²) < 4.78 is 0. The second-order valence-electron chi connectivity index (χ2n) is 3.66. The van der Waals surface area contributed by atoms with Crippen molar-refractivity contribution in [2.24, 2.45) is 0 Å². The maximum Gasteiger partial charge on any atom is 0.224 e. The molecule has 82 valence electrons. The van der Waals surface area contributed by atoms with E-state index in [0.717, 1.165) is 0 Å². The molecule has 2 N–H and O–H groups in total. The summed E-state index contributed by atoms with van der Waals surface area (Å²) >= 11 is 0. The molecule has 1 aromatic carbocycles. The monoisotopic (exact) mass is 209 g/mol. The molecule has 0 aliphatic heterocycles. The molecule has 0 heterocycles. The van der Waals surface area contributed by atoms with Crippen LogP contribution in [0.3, 0.4) is 0 Å². The molecule has 0 atom stereocenters. The Balaban J connectivity index is 3.12. The minimum Gasteiger partial charge on any atom is -0.504 e. The van der Waals surface area contributed by atoms with Gasteiger partial charge in [0, 0.05) is 24.7 Å². The molecule has 0 fully saturated rings.